The number of unbranched alkanes of at least 4 members (excludes halogenated alkanes) is 4. The molecule has 0 saturated heterocycles. The topological polar surface area (TPSA) is 29.1 Å². The third kappa shape index (κ3) is 9.54. The molecule has 1 N–H and O–H groups in total. The van der Waals surface area contributed by atoms with Crippen LogP contribution in [0, 0.1) is 0 Å². The minimum absolute atomic E-state index is 0.360. The summed E-state index contributed by atoms with van der Waals surface area (Å²) in [5.74, 6) is 0.360. The van der Waals surface area contributed by atoms with Gasteiger partial charge in [0.05, 0.1) is 6.54 Å². The number of rotatable bonds is 9. The van der Waals surface area contributed by atoms with Crippen LogP contribution in [0.3, 0.4) is 0 Å². The van der Waals surface area contributed by atoms with Gasteiger partial charge in [0.25, 0.3) is 0 Å². The summed E-state index contributed by atoms with van der Waals surface area (Å²) in [6.45, 7) is 5.68. The van der Waals surface area contributed by atoms with E-state index < -0.39 is 0 Å². The monoisotopic (exact) mass is 185 g/mol. The molecule has 2 nitrogen and oxygen atoms in total. The summed E-state index contributed by atoms with van der Waals surface area (Å²) in [5, 5.41) is 3.05. The first kappa shape index (κ1) is 12.6. The van der Waals surface area contributed by atoms with Crippen LogP contribution in [-0.2, 0) is 4.79 Å². The zero-order valence-electron chi connectivity index (χ0n) is 9.07. The van der Waals surface area contributed by atoms with E-state index >= 15 is 0 Å². The molecule has 0 rings (SSSR count). The molecule has 0 aromatic rings. The van der Waals surface area contributed by atoms with E-state index in [9.17, 15) is 4.79 Å². The van der Waals surface area contributed by atoms with Gasteiger partial charge in [-0.05, 0) is 13.0 Å². The molecule has 0 radical (unpaired) electrons. The molecule has 78 valence electrons. The fourth-order valence-electron chi connectivity index (χ4n) is 1.28. The highest BCUT2D eigenvalue weighted by atomic mass is 16.1. The second-order valence-corrected chi connectivity index (χ2v) is 3.48. The zero-order valence-corrected chi connectivity index (χ0v) is 9.07. The maximum atomic E-state index is 11.2. The molecule has 0 heterocycles. The Morgan fingerprint density at radius 1 is 1.08 bits per heavy atom. The van der Waals surface area contributed by atoms with Crippen molar-refractivity contribution in [2.75, 3.05) is 13.1 Å². The van der Waals surface area contributed by atoms with Crippen LogP contribution < -0.4 is 5.32 Å². The SMILES string of the molecule is CCCCCCCC(=O)CNCC. The molecule has 0 saturated carbocycles. The molecular formula is C11H23NO. The van der Waals surface area contributed by atoms with Crippen molar-refractivity contribution in [3.63, 3.8) is 0 Å². The van der Waals surface area contributed by atoms with Gasteiger partial charge >= 0.3 is 0 Å². The Kier molecular flexibility index (Phi) is 9.44. The van der Waals surface area contributed by atoms with E-state index in [1.54, 1.807) is 0 Å². The molecule has 0 spiro atoms. The molecule has 0 aliphatic carbocycles. The summed E-state index contributed by atoms with van der Waals surface area (Å²) in [7, 11) is 0. The number of Topliss-reactive ketones (excluding diaryl/α,β-unsaturated/α-hetero) is 1. The normalized spacial score (nSPS) is 10.3. The summed E-state index contributed by atoms with van der Waals surface area (Å²) >= 11 is 0. The summed E-state index contributed by atoms with van der Waals surface area (Å²) in [6, 6.07) is 0. The molecule has 0 fully saturated rings. The molecule has 0 aromatic carbocycles. The van der Waals surface area contributed by atoms with Crippen molar-refractivity contribution in [3.05, 3.63) is 0 Å². The fraction of sp³-hybridized carbons (Fsp3) is 0.909. The van der Waals surface area contributed by atoms with Crippen LogP contribution in [0.1, 0.15) is 52.4 Å². The van der Waals surface area contributed by atoms with Crippen LogP contribution in [0.2, 0.25) is 0 Å². The van der Waals surface area contributed by atoms with Gasteiger partial charge in [-0.1, -0.05) is 39.5 Å². The molecule has 0 aliphatic rings. The highest BCUT2D eigenvalue weighted by molar-refractivity contribution is 5.80. The van der Waals surface area contributed by atoms with E-state index in [1.807, 2.05) is 6.92 Å². The van der Waals surface area contributed by atoms with E-state index in [1.165, 1.54) is 25.7 Å². The Morgan fingerprint density at radius 2 is 1.77 bits per heavy atom. The van der Waals surface area contributed by atoms with Crippen LogP contribution in [0.5, 0.6) is 0 Å². The van der Waals surface area contributed by atoms with Gasteiger partial charge in [-0.2, -0.15) is 0 Å². The average molecular weight is 185 g/mol. The lowest BCUT2D eigenvalue weighted by Crippen LogP contribution is -2.22. The fourth-order valence-corrected chi connectivity index (χ4v) is 1.28. The number of hydrogen-bond donors (Lipinski definition) is 1. The third-order valence-corrected chi connectivity index (χ3v) is 2.13. The van der Waals surface area contributed by atoms with Crippen LogP contribution >= 0.6 is 0 Å². The van der Waals surface area contributed by atoms with E-state index in [0.717, 1.165) is 19.4 Å². The minimum Gasteiger partial charge on any atom is -0.310 e. The van der Waals surface area contributed by atoms with Crippen molar-refractivity contribution < 1.29 is 4.79 Å². The predicted octanol–water partition coefficient (Wildman–Crippen LogP) is 2.53. The smallest absolute Gasteiger partial charge is 0.146 e. The number of carbonyl (C=O) groups is 1. The van der Waals surface area contributed by atoms with E-state index in [2.05, 4.69) is 12.2 Å². The molecule has 0 aliphatic heterocycles. The first-order valence-corrected chi connectivity index (χ1v) is 5.53. The van der Waals surface area contributed by atoms with Gasteiger partial charge in [-0.25, -0.2) is 0 Å². The molecule has 0 atom stereocenters. The lowest BCUT2D eigenvalue weighted by Gasteiger charge is -2.01. The molecule has 0 aromatic heterocycles. The molecule has 0 unspecified atom stereocenters. The largest absolute Gasteiger partial charge is 0.310 e. The lowest BCUT2D eigenvalue weighted by molar-refractivity contribution is -0.118. The molecule has 2 heteroatoms. The minimum atomic E-state index is 0.360. The second kappa shape index (κ2) is 9.72. The number of nitrogens with one attached hydrogen (secondary N) is 1. The predicted molar refractivity (Wildman–Crippen MR) is 56.9 cm³/mol. The van der Waals surface area contributed by atoms with Crippen molar-refractivity contribution in [2.24, 2.45) is 0 Å². The maximum Gasteiger partial charge on any atom is 0.146 e. The molecule has 0 bridgehead atoms. The van der Waals surface area contributed by atoms with Gasteiger partial charge < -0.3 is 5.32 Å². The van der Waals surface area contributed by atoms with E-state index in [0.29, 0.717) is 12.3 Å². The third-order valence-electron chi connectivity index (χ3n) is 2.13. The van der Waals surface area contributed by atoms with Crippen molar-refractivity contribution >= 4 is 5.78 Å². The van der Waals surface area contributed by atoms with Gasteiger partial charge in [0.15, 0.2) is 0 Å². The van der Waals surface area contributed by atoms with Crippen molar-refractivity contribution in [2.45, 2.75) is 52.4 Å². The van der Waals surface area contributed by atoms with Crippen LogP contribution in [0.25, 0.3) is 0 Å². The highest BCUT2D eigenvalue weighted by Crippen LogP contribution is 2.04. The number of ketones is 1. The molecule has 13 heavy (non-hydrogen) atoms. The van der Waals surface area contributed by atoms with E-state index in [4.69, 9.17) is 0 Å². The average Bonchev–Trinajstić information content (AvgIpc) is 2.14. The maximum absolute atomic E-state index is 11.2. The van der Waals surface area contributed by atoms with Gasteiger partial charge in [0.1, 0.15) is 5.78 Å². The Balaban J connectivity index is 3.08. The standard InChI is InChI=1S/C11H23NO/c1-3-5-6-7-8-9-11(13)10-12-4-2/h12H,3-10H2,1-2H3. The molecule has 0 amide bonds. The van der Waals surface area contributed by atoms with Gasteiger partial charge in [0, 0.05) is 6.42 Å². The first-order valence-electron chi connectivity index (χ1n) is 5.53. The molecular weight excluding hydrogens is 162 g/mol. The van der Waals surface area contributed by atoms with Crippen molar-refractivity contribution in [1.29, 1.82) is 0 Å². The van der Waals surface area contributed by atoms with Gasteiger partial charge in [-0.3, -0.25) is 4.79 Å². The zero-order chi connectivity index (χ0) is 9.94. The highest BCUT2D eigenvalue weighted by Gasteiger charge is 1.99. The quantitative estimate of drug-likeness (QED) is 0.559. The van der Waals surface area contributed by atoms with Gasteiger partial charge in [-0.15, -0.1) is 0 Å². The second-order valence-electron chi connectivity index (χ2n) is 3.48. The summed E-state index contributed by atoms with van der Waals surface area (Å²) in [6.07, 6.45) is 6.91. The Labute approximate surface area is 82.1 Å². The Morgan fingerprint density at radius 3 is 2.38 bits per heavy atom. The van der Waals surface area contributed by atoms with Crippen LogP contribution in [0.4, 0.5) is 0 Å². The summed E-state index contributed by atoms with van der Waals surface area (Å²) in [4.78, 5) is 11.2. The van der Waals surface area contributed by atoms with E-state index in [-0.39, 0.29) is 0 Å². The first-order chi connectivity index (χ1) is 6.31. The Hall–Kier alpha value is -0.370. The summed E-state index contributed by atoms with van der Waals surface area (Å²) < 4.78 is 0. The van der Waals surface area contributed by atoms with Crippen LogP contribution in [-0.4, -0.2) is 18.9 Å². The Bertz CT molecular complexity index is 123. The lowest BCUT2D eigenvalue weighted by atomic mass is 10.1. The van der Waals surface area contributed by atoms with Crippen LogP contribution in [0.15, 0.2) is 0 Å². The summed E-state index contributed by atoms with van der Waals surface area (Å²) in [5.41, 5.74) is 0. The number of likely N-dealkylation sites (N-methyl/N-ethyl adjacent to an activating group) is 1. The van der Waals surface area contributed by atoms with Crippen molar-refractivity contribution in [3.8, 4) is 0 Å². The van der Waals surface area contributed by atoms with Crippen molar-refractivity contribution in [1.82, 2.24) is 5.32 Å². The number of carbonyl (C=O) groups excluding carboxylic acids is 1. The van der Waals surface area contributed by atoms with Gasteiger partial charge in [0.2, 0.25) is 0 Å². The number of hydrogen-bond acceptors (Lipinski definition) is 2.